The third-order valence-corrected chi connectivity index (χ3v) is 5.77. The molecule has 0 unspecified atom stereocenters. The Bertz CT molecular complexity index is 968. The highest BCUT2D eigenvalue weighted by Gasteiger charge is 2.14. The van der Waals surface area contributed by atoms with Crippen LogP contribution in [-0.4, -0.2) is 14.5 Å². The maximum atomic E-state index is 4.74. The van der Waals surface area contributed by atoms with Crippen LogP contribution in [0.4, 0.5) is 10.9 Å². The molecule has 4 aromatic rings. The molecule has 4 heterocycles. The zero-order chi connectivity index (χ0) is 17.2. The molecule has 25 heavy (non-hydrogen) atoms. The van der Waals surface area contributed by atoms with Crippen LogP contribution >= 0.6 is 22.7 Å². The van der Waals surface area contributed by atoms with E-state index in [9.17, 15) is 0 Å². The van der Waals surface area contributed by atoms with Gasteiger partial charge in [0, 0.05) is 33.4 Å². The van der Waals surface area contributed by atoms with Gasteiger partial charge in [0.2, 0.25) is 0 Å². The predicted octanol–water partition coefficient (Wildman–Crippen LogP) is 5.48. The van der Waals surface area contributed by atoms with Crippen LogP contribution < -0.4 is 5.32 Å². The number of nitrogens with zero attached hydrogens (tertiary/aromatic N) is 3. The Balaban J connectivity index is 1.60. The van der Waals surface area contributed by atoms with Gasteiger partial charge in [0.1, 0.15) is 5.82 Å². The summed E-state index contributed by atoms with van der Waals surface area (Å²) in [6, 6.07) is 12.3. The molecule has 0 saturated heterocycles. The molecule has 4 nitrogen and oxygen atoms in total. The number of hydrogen-bond acceptors (Lipinski definition) is 5. The van der Waals surface area contributed by atoms with Crippen molar-refractivity contribution in [3.8, 4) is 11.3 Å². The number of thiazole rings is 1. The quantitative estimate of drug-likeness (QED) is 0.509. The lowest BCUT2D eigenvalue weighted by Gasteiger charge is -2.08. The van der Waals surface area contributed by atoms with Crippen LogP contribution in [0.15, 0.2) is 53.4 Å². The molecule has 4 rings (SSSR count). The summed E-state index contributed by atoms with van der Waals surface area (Å²) in [6.07, 6.45) is 1.77. The number of hydrogen-bond donors (Lipinski definition) is 1. The van der Waals surface area contributed by atoms with E-state index in [1.54, 1.807) is 28.9 Å². The number of aromatic nitrogens is 3. The minimum atomic E-state index is 0.812. The van der Waals surface area contributed by atoms with Crippen molar-refractivity contribution in [3.05, 3.63) is 69.6 Å². The van der Waals surface area contributed by atoms with E-state index in [0.29, 0.717) is 0 Å². The van der Waals surface area contributed by atoms with Gasteiger partial charge in [0.15, 0.2) is 5.13 Å². The number of thiophene rings is 1. The Hall–Kier alpha value is -2.44. The van der Waals surface area contributed by atoms with Crippen LogP contribution in [0.2, 0.25) is 0 Å². The van der Waals surface area contributed by atoms with Crippen LogP contribution in [0.5, 0.6) is 0 Å². The minimum absolute atomic E-state index is 0.812. The summed E-state index contributed by atoms with van der Waals surface area (Å²) < 4.78 is 2.35. The number of pyridine rings is 1. The van der Waals surface area contributed by atoms with Crippen molar-refractivity contribution in [2.75, 3.05) is 5.32 Å². The van der Waals surface area contributed by atoms with Gasteiger partial charge in [-0.25, -0.2) is 9.97 Å². The number of anilines is 2. The largest absolute Gasteiger partial charge is 0.343 e. The van der Waals surface area contributed by atoms with Crippen LogP contribution in [0.1, 0.15) is 16.3 Å². The zero-order valence-electron chi connectivity index (χ0n) is 14.1. The maximum absolute atomic E-state index is 4.74. The summed E-state index contributed by atoms with van der Waals surface area (Å²) in [5.74, 6) is 0.812. The number of aryl methyl sites for hydroxylation is 1. The highest BCUT2D eigenvalue weighted by molar-refractivity contribution is 7.14. The lowest BCUT2D eigenvalue weighted by molar-refractivity contribution is 0.760. The Morgan fingerprint density at radius 3 is 2.80 bits per heavy atom. The minimum Gasteiger partial charge on any atom is -0.343 e. The normalized spacial score (nSPS) is 11.0. The van der Waals surface area contributed by atoms with Crippen molar-refractivity contribution >= 4 is 33.6 Å². The van der Waals surface area contributed by atoms with Crippen molar-refractivity contribution in [2.45, 2.75) is 20.4 Å². The van der Waals surface area contributed by atoms with Gasteiger partial charge >= 0.3 is 0 Å². The molecule has 0 atom stereocenters. The van der Waals surface area contributed by atoms with Gasteiger partial charge in [-0.3, -0.25) is 0 Å². The standard InChI is InChI=1S/C19H18N4S2/c1-13-10-16(14(2)23(13)11-15-6-5-9-24-15)17-12-25-19(21-17)22-18-7-3-4-8-20-18/h3-10,12H,11H2,1-2H3,(H,20,21,22). The third kappa shape index (κ3) is 3.36. The van der Waals surface area contributed by atoms with Crippen LogP contribution in [0.25, 0.3) is 11.3 Å². The van der Waals surface area contributed by atoms with E-state index in [4.69, 9.17) is 4.98 Å². The van der Waals surface area contributed by atoms with Crippen molar-refractivity contribution in [1.29, 1.82) is 0 Å². The van der Waals surface area contributed by atoms with E-state index >= 15 is 0 Å². The summed E-state index contributed by atoms with van der Waals surface area (Å²) in [6.45, 7) is 5.24. The second-order valence-electron chi connectivity index (χ2n) is 5.83. The molecule has 4 aromatic heterocycles. The molecule has 0 amide bonds. The van der Waals surface area contributed by atoms with Crippen LogP contribution in [0.3, 0.4) is 0 Å². The predicted molar refractivity (Wildman–Crippen MR) is 106 cm³/mol. The fraction of sp³-hybridized carbons (Fsp3) is 0.158. The summed E-state index contributed by atoms with van der Waals surface area (Å²) in [5.41, 5.74) is 4.71. The van der Waals surface area contributed by atoms with Gasteiger partial charge in [-0.1, -0.05) is 12.1 Å². The average molecular weight is 367 g/mol. The molecule has 1 N–H and O–H groups in total. The van der Waals surface area contributed by atoms with Crippen LogP contribution in [0, 0.1) is 13.8 Å². The lowest BCUT2D eigenvalue weighted by Crippen LogP contribution is -2.02. The Labute approximate surface area is 154 Å². The molecular formula is C19H18N4S2. The number of rotatable bonds is 5. The van der Waals surface area contributed by atoms with Gasteiger partial charge in [-0.15, -0.1) is 22.7 Å². The van der Waals surface area contributed by atoms with Crippen LogP contribution in [-0.2, 0) is 6.54 Å². The molecule has 0 saturated carbocycles. The third-order valence-electron chi connectivity index (χ3n) is 4.15. The summed E-state index contributed by atoms with van der Waals surface area (Å²) >= 11 is 3.39. The van der Waals surface area contributed by atoms with E-state index in [-0.39, 0.29) is 0 Å². The second kappa shape index (κ2) is 6.82. The first-order valence-corrected chi connectivity index (χ1v) is 9.80. The molecule has 0 bridgehead atoms. The maximum Gasteiger partial charge on any atom is 0.188 e. The molecule has 0 aliphatic heterocycles. The molecule has 0 radical (unpaired) electrons. The first-order valence-electron chi connectivity index (χ1n) is 8.04. The topological polar surface area (TPSA) is 42.7 Å². The van der Waals surface area contributed by atoms with E-state index in [1.807, 2.05) is 18.2 Å². The molecule has 6 heteroatoms. The molecule has 0 aliphatic carbocycles. The van der Waals surface area contributed by atoms with E-state index in [2.05, 4.69) is 57.7 Å². The van der Waals surface area contributed by atoms with Gasteiger partial charge in [-0.2, -0.15) is 0 Å². The fourth-order valence-electron chi connectivity index (χ4n) is 2.86. The Morgan fingerprint density at radius 1 is 1.12 bits per heavy atom. The number of nitrogens with one attached hydrogen (secondary N) is 1. The average Bonchev–Trinajstić information content (AvgIpc) is 3.34. The van der Waals surface area contributed by atoms with Gasteiger partial charge in [0.25, 0.3) is 0 Å². The lowest BCUT2D eigenvalue weighted by atomic mass is 10.2. The van der Waals surface area contributed by atoms with Gasteiger partial charge < -0.3 is 9.88 Å². The molecule has 0 fully saturated rings. The van der Waals surface area contributed by atoms with Crippen molar-refractivity contribution in [1.82, 2.24) is 14.5 Å². The highest BCUT2D eigenvalue weighted by Crippen LogP contribution is 2.31. The van der Waals surface area contributed by atoms with Gasteiger partial charge in [0.05, 0.1) is 12.2 Å². The highest BCUT2D eigenvalue weighted by atomic mass is 32.1. The smallest absolute Gasteiger partial charge is 0.188 e. The first-order chi connectivity index (χ1) is 12.2. The van der Waals surface area contributed by atoms with Gasteiger partial charge in [-0.05, 0) is 43.5 Å². The molecular weight excluding hydrogens is 348 g/mol. The van der Waals surface area contributed by atoms with E-state index < -0.39 is 0 Å². The van der Waals surface area contributed by atoms with Crippen molar-refractivity contribution in [2.24, 2.45) is 0 Å². The SMILES string of the molecule is Cc1cc(-c2csc(Nc3ccccn3)n2)c(C)n1Cc1cccs1. The van der Waals surface area contributed by atoms with E-state index in [0.717, 1.165) is 23.2 Å². The van der Waals surface area contributed by atoms with Crippen molar-refractivity contribution < 1.29 is 0 Å². The van der Waals surface area contributed by atoms with Crippen molar-refractivity contribution in [3.63, 3.8) is 0 Å². The Morgan fingerprint density at radius 2 is 2.04 bits per heavy atom. The summed E-state index contributed by atoms with van der Waals surface area (Å²) in [5, 5.41) is 8.35. The first kappa shape index (κ1) is 16.1. The molecule has 0 spiro atoms. The molecule has 0 aromatic carbocycles. The summed E-state index contributed by atoms with van der Waals surface area (Å²) in [4.78, 5) is 10.4. The monoisotopic (exact) mass is 366 g/mol. The Kier molecular flexibility index (Phi) is 4.38. The summed E-state index contributed by atoms with van der Waals surface area (Å²) in [7, 11) is 0. The molecule has 126 valence electrons. The van der Waals surface area contributed by atoms with E-state index in [1.165, 1.54) is 21.8 Å². The molecule has 0 aliphatic rings. The fourth-order valence-corrected chi connectivity index (χ4v) is 4.27. The second-order valence-corrected chi connectivity index (χ2v) is 7.72. The zero-order valence-corrected chi connectivity index (χ0v) is 15.7.